The third-order valence-electron chi connectivity index (χ3n) is 2.55. The molecule has 0 bridgehead atoms. The maximum Gasteiger partial charge on any atom is 0.155 e. The quantitative estimate of drug-likeness (QED) is 0.817. The van der Waals surface area contributed by atoms with Gasteiger partial charge in [0.1, 0.15) is 11.4 Å². The molecule has 4 heteroatoms. The molecule has 17 heavy (non-hydrogen) atoms. The molecular formula is C13H13ClN2O. The Labute approximate surface area is 105 Å². The van der Waals surface area contributed by atoms with Crippen molar-refractivity contribution in [2.75, 3.05) is 7.11 Å². The van der Waals surface area contributed by atoms with Crippen molar-refractivity contribution in [2.45, 2.75) is 13.8 Å². The van der Waals surface area contributed by atoms with E-state index >= 15 is 0 Å². The number of ether oxygens (including phenoxy) is 1. The van der Waals surface area contributed by atoms with Crippen molar-refractivity contribution < 1.29 is 4.74 Å². The topological polar surface area (TPSA) is 35.0 Å². The van der Waals surface area contributed by atoms with E-state index in [1.54, 1.807) is 19.5 Å². The monoisotopic (exact) mass is 248 g/mol. The van der Waals surface area contributed by atoms with E-state index in [4.69, 9.17) is 16.3 Å². The van der Waals surface area contributed by atoms with Gasteiger partial charge in [-0.25, -0.2) is 4.98 Å². The lowest BCUT2D eigenvalue weighted by atomic mass is 10.0. The van der Waals surface area contributed by atoms with Crippen molar-refractivity contribution in [1.29, 1.82) is 0 Å². The van der Waals surface area contributed by atoms with E-state index in [2.05, 4.69) is 16.0 Å². The van der Waals surface area contributed by atoms with Crippen LogP contribution in [0.1, 0.15) is 11.1 Å². The van der Waals surface area contributed by atoms with Gasteiger partial charge in [-0.15, -0.1) is 0 Å². The number of methoxy groups -OCH3 is 1. The van der Waals surface area contributed by atoms with Gasteiger partial charge in [0, 0.05) is 18.0 Å². The molecule has 1 aromatic carbocycles. The second-order valence-corrected chi connectivity index (χ2v) is 4.21. The standard InChI is InChI=1S/C13H13ClN2O/c1-8-6-9(2)11(10(7-8)17-3)12-13(14)16-5-4-15-12/h4-7H,1-3H3. The zero-order valence-electron chi connectivity index (χ0n) is 9.99. The van der Waals surface area contributed by atoms with Crippen LogP contribution in [0.25, 0.3) is 11.3 Å². The second kappa shape index (κ2) is 4.72. The molecule has 0 saturated heterocycles. The molecule has 2 aromatic rings. The SMILES string of the molecule is COc1cc(C)cc(C)c1-c1nccnc1Cl. The molecule has 88 valence electrons. The van der Waals surface area contributed by atoms with E-state index < -0.39 is 0 Å². The summed E-state index contributed by atoms with van der Waals surface area (Å²) in [4.78, 5) is 8.32. The summed E-state index contributed by atoms with van der Waals surface area (Å²) in [6, 6.07) is 4.04. The van der Waals surface area contributed by atoms with Gasteiger partial charge in [-0.2, -0.15) is 0 Å². The number of halogens is 1. The number of hydrogen-bond acceptors (Lipinski definition) is 3. The molecule has 0 spiro atoms. The van der Waals surface area contributed by atoms with Crippen LogP contribution in [0.15, 0.2) is 24.5 Å². The fourth-order valence-electron chi connectivity index (χ4n) is 1.88. The predicted octanol–water partition coefficient (Wildman–Crippen LogP) is 3.42. The van der Waals surface area contributed by atoms with Crippen molar-refractivity contribution >= 4 is 11.6 Å². The normalized spacial score (nSPS) is 10.4. The van der Waals surface area contributed by atoms with E-state index in [9.17, 15) is 0 Å². The summed E-state index contributed by atoms with van der Waals surface area (Å²) < 4.78 is 5.39. The summed E-state index contributed by atoms with van der Waals surface area (Å²) in [5, 5.41) is 0.387. The molecule has 1 heterocycles. The first-order valence-corrected chi connectivity index (χ1v) is 5.63. The van der Waals surface area contributed by atoms with Crippen molar-refractivity contribution in [1.82, 2.24) is 9.97 Å². The molecule has 0 atom stereocenters. The smallest absolute Gasteiger partial charge is 0.155 e. The van der Waals surface area contributed by atoms with Crippen molar-refractivity contribution in [2.24, 2.45) is 0 Å². The largest absolute Gasteiger partial charge is 0.496 e. The number of aryl methyl sites for hydroxylation is 2. The van der Waals surface area contributed by atoms with Crippen LogP contribution in [-0.2, 0) is 0 Å². The van der Waals surface area contributed by atoms with Gasteiger partial charge in [0.25, 0.3) is 0 Å². The Morgan fingerprint density at radius 2 is 1.82 bits per heavy atom. The summed E-state index contributed by atoms with van der Waals surface area (Å²) in [7, 11) is 1.64. The molecule has 0 aliphatic carbocycles. The van der Waals surface area contributed by atoms with Crippen LogP contribution in [0.2, 0.25) is 5.15 Å². The summed E-state index contributed by atoms with van der Waals surface area (Å²) in [6.45, 7) is 4.04. The van der Waals surface area contributed by atoms with Gasteiger partial charge in [-0.05, 0) is 31.0 Å². The van der Waals surface area contributed by atoms with Gasteiger partial charge >= 0.3 is 0 Å². The van der Waals surface area contributed by atoms with E-state index in [1.165, 1.54) is 0 Å². The van der Waals surface area contributed by atoms with Crippen molar-refractivity contribution in [3.8, 4) is 17.0 Å². The first kappa shape index (κ1) is 11.9. The number of rotatable bonds is 2. The molecule has 0 radical (unpaired) electrons. The minimum atomic E-state index is 0.387. The maximum atomic E-state index is 6.07. The van der Waals surface area contributed by atoms with Crippen LogP contribution >= 0.6 is 11.6 Å². The lowest BCUT2D eigenvalue weighted by Gasteiger charge is -2.12. The number of aromatic nitrogens is 2. The van der Waals surface area contributed by atoms with E-state index in [0.717, 1.165) is 22.4 Å². The number of benzene rings is 1. The van der Waals surface area contributed by atoms with Gasteiger partial charge < -0.3 is 4.74 Å². The Kier molecular flexibility index (Phi) is 3.29. The first-order valence-electron chi connectivity index (χ1n) is 5.25. The van der Waals surface area contributed by atoms with E-state index in [1.807, 2.05) is 19.9 Å². The lowest BCUT2D eigenvalue weighted by Crippen LogP contribution is -1.96. The molecule has 0 fully saturated rings. The fraction of sp³-hybridized carbons (Fsp3) is 0.231. The van der Waals surface area contributed by atoms with Crippen LogP contribution in [0.4, 0.5) is 0 Å². The fourth-order valence-corrected chi connectivity index (χ4v) is 2.08. The second-order valence-electron chi connectivity index (χ2n) is 3.85. The zero-order chi connectivity index (χ0) is 12.4. The molecule has 0 unspecified atom stereocenters. The Bertz CT molecular complexity index is 555. The van der Waals surface area contributed by atoms with Gasteiger partial charge in [0.05, 0.1) is 7.11 Å². The molecule has 0 amide bonds. The van der Waals surface area contributed by atoms with Crippen molar-refractivity contribution in [3.05, 3.63) is 40.8 Å². The molecule has 0 aliphatic rings. The molecule has 3 nitrogen and oxygen atoms in total. The average molecular weight is 249 g/mol. The minimum Gasteiger partial charge on any atom is -0.496 e. The Hall–Kier alpha value is -1.61. The molecule has 0 N–H and O–H groups in total. The van der Waals surface area contributed by atoms with Crippen LogP contribution in [-0.4, -0.2) is 17.1 Å². The molecular weight excluding hydrogens is 236 g/mol. The lowest BCUT2D eigenvalue weighted by molar-refractivity contribution is 0.415. The summed E-state index contributed by atoms with van der Waals surface area (Å²) in [5.74, 6) is 0.768. The zero-order valence-corrected chi connectivity index (χ0v) is 10.7. The van der Waals surface area contributed by atoms with E-state index in [0.29, 0.717) is 10.8 Å². The summed E-state index contributed by atoms with van der Waals surface area (Å²) in [5.41, 5.74) is 3.77. The Balaban J connectivity index is 2.71. The Morgan fingerprint density at radius 1 is 1.12 bits per heavy atom. The van der Waals surface area contributed by atoms with Crippen LogP contribution < -0.4 is 4.74 Å². The third-order valence-corrected chi connectivity index (χ3v) is 2.83. The van der Waals surface area contributed by atoms with Gasteiger partial charge in [-0.3, -0.25) is 4.98 Å². The summed E-state index contributed by atoms with van der Waals surface area (Å²) >= 11 is 6.07. The molecule has 2 rings (SSSR count). The highest BCUT2D eigenvalue weighted by molar-refractivity contribution is 6.31. The number of nitrogens with zero attached hydrogens (tertiary/aromatic N) is 2. The van der Waals surface area contributed by atoms with Gasteiger partial charge in [0.2, 0.25) is 0 Å². The average Bonchev–Trinajstić information content (AvgIpc) is 2.29. The minimum absolute atomic E-state index is 0.387. The molecule has 0 saturated carbocycles. The maximum absolute atomic E-state index is 6.07. The van der Waals surface area contributed by atoms with Crippen LogP contribution in [0.3, 0.4) is 0 Å². The third kappa shape index (κ3) is 2.24. The summed E-state index contributed by atoms with van der Waals surface area (Å²) in [6.07, 6.45) is 3.20. The van der Waals surface area contributed by atoms with Crippen LogP contribution in [0, 0.1) is 13.8 Å². The van der Waals surface area contributed by atoms with Gasteiger partial charge in [0.15, 0.2) is 5.15 Å². The highest BCUT2D eigenvalue weighted by Gasteiger charge is 2.14. The molecule has 0 aliphatic heterocycles. The van der Waals surface area contributed by atoms with Gasteiger partial charge in [-0.1, -0.05) is 17.7 Å². The highest BCUT2D eigenvalue weighted by atomic mass is 35.5. The number of hydrogen-bond donors (Lipinski definition) is 0. The highest BCUT2D eigenvalue weighted by Crippen LogP contribution is 2.35. The van der Waals surface area contributed by atoms with E-state index in [-0.39, 0.29) is 0 Å². The predicted molar refractivity (Wildman–Crippen MR) is 68.5 cm³/mol. The Morgan fingerprint density at radius 3 is 2.47 bits per heavy atom. The first-order chi connectivity index (χ1) is 8.13. The van der Waals surface area contributed by atoms with Crippen LogP contribution in [0.5, 0.6) is 5.75 Å². The van der Waals surface area contributed by atoms with Crippen molar-refractivity contribution in [3.63, 3.8) is 0 Å². The molecule has 1 aromatic heterocycles.